The zero-order chi connectivity index (χ0) is 25.9. The lowest BCUT2D eigenvalue weighted by Gasteiger charge is -2.34. The topological polar surface area (TPSA) is 92.8 Å². The van der Waals surface area contributed by atoms with Crippen molar-refractivity contribution in [2.45, 2.75) is 20.3 Å². The average Bonchev–Trinajstić information content (AvgIpc) is 3.17. The molecule has 5 rings (SSSR count). The molecule has 0 radical (unpaired) electrons. The molecule has 0 saturated carbocycles. The Morgan fingerprint density at radius 1 is 1.11 bits per heavy atom. The lowest BCUT2D eigenvalue weighted by Crippen LogP contribution is -2.48. The van der Waals surface area contributed by atoms with Crippen molar-refractivity contribution < 1.29 is 19.0 Å². The molecule has 0 unspecified atom stereocenters. The van der Waals surface area contributed by atoms with Gasteiger partial charge in [-0.05, 0) is 43.2 Å². The van der Waals surface area contributed by atoms with E-state index in [4.69, 9.17) is 14.2 Å². The number of carbonyl (C=O) groups excluding carboxylic acids is 1. The van der Waals surface area contributed by atoms with E-state index in [-0.39, 0.29) is 5.78 Å². The van der Waals surface area contributed by atoms with Crippen LogP contribution >= 0.6 is 0 Å². The first-order valence-electron chi connectivity index (χ1n) is 12.6. The van der Waals surface area contributed by atoms with Crippen LogP contribution < -0.4 is 24.9 Å². The van der Waals surface area contributed by atoms with Crippen LogP contribution in [0.3, 0.4) is 0 Å². The number of ether oxygens (including phenoxy) is 3. The van der Waals surface area contributed by atoms with Crippen molar-refractivity contribution in [1.82, 2.24) is 24.8 Å². The van der Waals surface area contributed by atoms with Gasteiger partial charge in [-0.1, -0.05) is 6.58 Å². The minimum absolute atomic E-state index is 0.212. The fraction of sp³-hybridized carbons (Fsp3) is 0.393. The summed E-state index contributed by atoms with van der Waals surface area (Å²) in [6.45, 7) is 13.3. The minimum Gasteiger partial charge on any atom is -0.493 e. The van der Waals surface area contributed by atoms with E-state index in [2.05, 4.69) is 38.3 Å². The van der Waals surface area contributed by atoms with Crippen molar-refractivity contribution in [3.8, 4) is 17.4 Å². The van der Waals surface area contributed by atoms with Crippen molar-refractivity contribution in [2.24, 2.45) is 0 Å². The third-order valence-electron chi connectivity index (χ3n) is 6.99. The number of piperazine rings is 1. The van der Waals surface area contributed by atoms with E-state index in [0.29, 0.717) is 37.0 Å². The number of ketones is 1. The van der Waals surface area contributed by atoms with Crippen LogP contribution in [-0.2, 0) is 11.2 Å². The largest absolute Gasteiger partial charge is 0.493 e. The van der Waals surface area contributed by atoms with Crippen molar-refractivity contribution in [1.29, 1.82) is 0 Å². The maximum Gasteiger partial charge on any atom is 0.229 e. The summed E-state index contributed by atoms with van der Waals surface area (Å²) in [7, 11) is 1.62. The van der Waals surface area contributed by atoms with Gasteiger partial charge in [-0.3, -0.25) is 14.6 Å². The fourth-order valence-corrected chi connectivity index (χ4v) is 4.85. The third-order valence-corrected chi connectivity index (χ3v) is 6.99. The van der Waals surface area contributed by atoms with Crippen LogP contribution in [0.5, 0.6) is 17.4 Å². The molecule has 1 N–H and O–H groups in total. The van der Waals surface area contributed by atoms with E-state index < -0.39 is 0 Å². The normalized spacial score (nSPS) is 16.1. The van der Waals surface area contributed by atoms with Gasteiger partial charge in [-0.15, -0.1) is 0 Å². The Labute approximate surface area is 216 Å². The zero-order valence-electron chi connectivity index (χ0n) is 21.7. The number of nitrogens with zero attached hydrogens (tertiary/aromatic N) is 4. The molecule has 1 saturated heterocycles. The summed E-state index contributed by atoms with van der Waals surface area (Å²) in [5, 5.41) is 2.75. The Hall–Kier alpha value is -3.69. The minimum atomic E-state index is 0.212. The Morgan fingerprint density at radius 3 is 2.65 bits per heavy atom. The monoisotopic (exact) mass is 503 g/mol. The fourth-order valence-electron chi connectivity index (χ4n) is 4.85. The number of nitrogens with one attached hydrogen (secondary N) is 1. The molecular formula is C28H33N5O4. The van der Waals surface area contributed by atoms with E-state index in [1.807, 2.05) is 24.3 Å². The number of hydrogen-bond donors (Lipinski definition) is 1. The molecule has 37 heavy (non-hydrogen) atoms. The molecule has 2 aliphatic rings. The number of hydrogen-bond acceptors (Lipinski definition) is 8. The van der Waals surface area contributed by atoms with E-state index in [0.717, 1.165) is 65.6 Å². The SMILES string of the molecule is C=c1[nH]c2c(c1C)CC(Oc1ncnc3cc(OCCN4CCN(CC(C)=O)CC4)c(OC)cc13)=CC=2. The summed E-state index contributed by atoms with van der Waals surface area (Å²) in [6.07, 6.45) is 6.13. The third kappa shape index (κ3) is 5.52. The Bertz CT molecular complexity index is 1450. The van der Waals surface area contributed by atoms with Crippen LogP contribution in [0.2, 0.25) is 0 Å². The second-order valence-electron chi connectivity index (χ2n) is 9.57. The van der Waals surface area contributed by atoms with E-state index in [9.17, 15) is 4.79 Å². The lowest BCUT2D eigenvalue weighted by molar-refractivity contribution is -0.118. The first-order chi connectivity index (χ1) is 17.9. The predicted octanol–water partition coefficient (Wildman–Crippen LogP) is 1.57. The molecule has 1 fully saturated rings. The zero-order valence-corrected chi connectivity index (χ0v) is 21.7. The Kier molecular flexibility index (Phi) is 7.25. The van der Waals surface area contributed by atoms with Gasteiger partial charge >= 0.3 is 0 Å². The number of Topliss-reactive ketones (excluding diaryl/α,β-unsaturated/α-hetero) is 1. The standard InChI is InChI=1S/C28H33N5O4/c1-18(34)16-33-9-7-32(8-10-33)11-12-36-27-15-25-23(14-26(27)35-4)28(30-17-29-25)37-21-5-6-24-22(13-21)19(2)20(3)31-24/h5-6,14-15,17,31H,3,7-13,16H2,1-2,4H3. The average molecular weight is 504 g/mol. The molecule has 9 nitrogen and oxygen atoms in total. The number of aromatic nitrogens is 3. The van der Waals surface area contributed by atoms with Crippen molar-refractivity contribution in [3.05, 3.63) is 52.1 Å². The molecule has 194 valence electrons. The maximum atomic E-state index is 11.3. The van der Waals surface area contributed by atoms with Gasteiger partial charge in [0.1, 0.15) is 24.5 Å². The van der Waals surface area contributed by atoms with Crippen molar-refractivity contribution in [2.75, 3.05) is 53.0 Å². The second kappa shape index (κ2) is 10.7. The first-order valence-corrected chi connectivity index (χ1v) is 12.6. The van der Waals surface area contributed by atoms with Gasteiger partial charge in [0, 0.05) is 55.9 Å². The van der Waals surface area contributed by atoms with Gasteiger partial charge in [-0.2, -0.15) is 0 Å². The number of carbonyl (C=O) groups is 1. The van der Waals surface area contributed by atoms with Crippen LogP contribution in [0.1, 0.15) is 18.1 Å². The van der Waals surface area contributed by atoms with Crippen LogP contribution in [0, 0.1) is 6.92 Å². The summed E-state index contributed by atoms with van der Waals surface area (Å²) >= 11 is 0. The summed E-state index contributed by atoms with van der Waals surface area (Å²) in [5.74, 6) is 2.73. The molecule has 0 atom stereocenters. The quantitative estimate of drug-likeness (QED) is 0.471. The highest BCUT2D eigenvalue weighted by molar-refractivity contribution is 5.87. The lowest BCUT2D eigenvalue weighted by atomic mass is 10.1. The molecule has 2 aromatic heterocycles. The van der Waals surface area contributed by atoms with Crippen LogP contribution in [0.25, 0.3) is 23.6 Å². The number of benzene rings is 1. The smallest absolute Gasteiger partial charge is 0.229 e. The van der Waals surface area contributed by atoms with E-state index in [1.54, 1.807) is 14.0 Å². The number of allylic oxidation sites excluding steroid dienone is 2. The predicted molar refractivity (Wildman–Crippen MR) is 142 cm³/mol. The number of rotatable bonds is 9. The van der Waals surface area contributed by atoms with Crippen LogP contribution in [0.15, 0.2) is 30.3 Å². The highest BCUT2D eigenvalue weighted by Gasteiger charge is 2.19. The summed E-state index contributed by atoms with van der Waals surface area (Å²) in [5.41, 5.74) is 3.06. The number of H-pyrrole nitrogens is 1. The summed E-state index contributed by atoms with van der Waals surface area (Å²) < 4.78 is 18.0. The van der Waals surface area contributed by atoms with Crippen LogP contribution in [-0.4, -0.2) is 83.5 Å². The molecule has 1 aliphatic carbocycles. The van der Waals surface area contributed by atoms with Gasteiger partial charge in [0.15, 0.2) is 11.5 Å². The molecule has 0 spiro atoms. The Balaban J connectivity index is 1.26. The van der Waals surface area contributed by atoms with Crippen LogP contribution in [0.4, 0.5) is 0 Å². The molecule has 3 heterocycles. The molecule has 1 aromatic carbocycles. The van der Waals surface area contributed by atoms with E-state index in [1.165, 1.54) is 11.9 Å². The number of methoxy groups -OCH3 is 1. The number of aromatic amines is 1. The summed E-state index contributed by atoms with van der Waals surface area (Å²) in [6, 6.07) is 3.74. The molecule has 0 amide bonds. The molecule has 0 bridgehead atoms. The maximum absolute atomic E-state index is 11.3. The van der Waals surface area contributed by atoms with Crippen molar-refractivity contribution >= 4 is 29.3 Å². The van der Waals surface area contributed by atoms with Gasteiger partial charge in [0.2, 0.25) is 5.88 Å². The molecular weight excluding hydrogens is 470 g/mol. The van der Waals surface area contributed by atoms with Gasteiger partial charge < -0.3 is 19.2 Å². The molecule has 1 aliphatic heterocycles. The molecule has 3 aromatic rings. The first kappa shape index (κ1) is 25.0. The van der Waals surface area contributed by atoms with Crippen molar-refractivity contribution in [3.63, 3.8) is 0 Å². The number of fused-ring (bicyclic) bond motifs is 2. The van der Waals surface area contributed by atoms with Gasteiger partial charge in [0.25, 0.3) is 0 Å². The molecule has 9 heteroatoms. The van der Waals surface area contributed by atoms with Gasteiger partial charge in [0.05, 0.1) is 24.6 Å². The van der Waals surface area contributed by atoms with E-state index >= 15 is 0 Å². The van der Waals surface area contributed by atoms with Gasteiger partial charge in [-0.25, -0.2) is 9.97 Å². The second-order valence-corrected chi connectivity index (χ2v) is 9.57. The Morgan fingerprint density at radius 2 is 1.89 bits per heavy atom. The summed E-state index contributed by atoms with van der Waals surface area (Å²) in [4.78, 5) is 28.0. The highest BCUT2D eigenvalue weighted by Crippen LogP contribution is 2.35. The highest BCUT2D eigenvalue weighted by atomic mass is 16.5.